The van der Waals surface area contributed by atoms with Gasteiger partial charge in [-0.2, -0.15) is 0 Å². The lowest BCUT2D eigenvalue weighted by Crippen LogP contribution is -2.38. The topological polar surface area (TPSA) is 47.6 Å². The van der Waals surface area contributed by atoms with Gasteiger partial charge in [-0.15, -0.1) is 0 Å². The van der Waals surface area contributed by atoms with E-state index < -0.39 is 5.60 Å². The van der Waals surface area contributed by atoms with E-state index in [0.717, 1.165) is 30.6 Å². The number of carbonyl (C=O) groups is 1. The quantitative estimate of drug-likeness (QED) is 0.807. The number of nitrogens with one attached hydrogen (secondary N) is 1. The number of alkyl carbamates (subject to hydrolysis) is 1. The lowest BCUT2D eigenvalue weighted by molar-refractivity contribution is 0.0508. The average molecular weight is 343 g/mol. The summed E-state index contributed by atoms with van der Waals surface area (Å²) in [5.41, 5.74) is 1.89. The third-order valence-electron chi connectivity index (χ3n) is 3.71. The summed E-state index contributed by atoms with van der Waals surface area (Å²) in [7, 11) is 0. The summed E-state index contributed by atoms with van der Waals surface area (Å²) in [5, 5.41) is 2.86. The Labute approximate surface area is 150 Å². The van der Waals surface area contributed by atoms with Crippen LogP contribution in [-0.2, 0) is 11.2 Å². The molecule has 0 fully saturated rings. The molecule has 1 amide bonds. The van der Waals surface area contributed by atoms with Crippen molar-refractivity contribution in [1.29, 1.82) is 0 Å². The van der Waals surface area contributed by atoms with E-state index in [4.69, 9.17) is 9.47 Å². The summed E-state index contributed by atoms with van der Waals surface area (Å²) in [4.78, 5) is 11.8. The van der Waals surface area contributed by atoms with Gasteiger partial charge in [-0.1, -0.05) is 30.4 Å². The van der Waals surface area contributed by atoms with Gasteiger partial charge in [-0.25, -0.2) is 4.79 Å². The number of hydrogen-bond acceptors (Lipinski definition) is 3. The van der Waals surface area contributed by atoms with Gasteiger partial charge in [0.15, 0.2) is 0 Å². The molecule has 1 aliphatic rings. The highest BCUT2D eigenvalue weighted by atomic mass is 16.6. The minimum Gasteiger partial charge on any atom is -0.489 e. The number of hydrogen-bond donors (Lipinski definition) is 1. The summed E-state index contributed by atoms with van der Waals surface area (Å²) in [6, 6.07) is 8.02. The van der Waals surface area contributed by atoms with Crippen molar-refractivity contribution in [3.63, 3.8) is 0 Å². The summed E-state index contributed by atoms with van der Waals surface area (Å²) in [5.74, 6) is 0.858. The zero-order chi connectivity index (χ0) is 18.3. The van der Waals surface area contributed by atoms with E-state index in [2.05, 4.69) is 23.5 Å². The SMILES string of the molecule is CC(Cc1ccc(OCC2=CCCC=C2)cc1)NC(=O)OC(C)(C)C. The van der Waals surface area contributed by atoms with Crippen molar-refractivity contribution in [2.24, 2.45) is 0 Å². The second kappa shape index (κ2) is 8.75. The molecule has 0 heterocycles. The molecule has 0 saturated carbocycles. The minimum atomic E-state index is -0.480. The Bertz CT molecular complexity index is 624. The number of amides is 1. The van der Waals surface area contributed by atoms with Gasteiger partial charge in [0, 0.05) is 6.04 Å². The molecule has 0 aromatic heterocycles. The molecule has 0 bridgehead atoms. The Morgan fingerprint density at radius 2 is 1.92 bits per heavy atom. The Morgan fingerprint density at radius 3 is 2.52 bits per heavy atom. The summed E-state index contributed by atoms with van der Waals surface area (Å²) >= 11 is 0. The van der Waals surface area contributed by atoms with Gasteiger partial charge in [-0.05, 0) is 70.2 Å². The first kappa shape index (κ1) is 19.1. The number of rotatable bonds is 6. The minimum absolute atomic E-state index is 0.000787. The highest BCUT2D eigenvalue weighted by Gasteiger charge is 2.17. The molecule has 1 atom stereocenters. The predicted octanol–water partition coefficient (Wildman–Crippen LogP) is 4.80. The average Bonchev–Trinajstić information content (AvgIpc) is 2.53. The van der Waals surface area contributed by atoms with Crippen LogP contribution in [0.2, 0.25) is 0 Å². The fourth-order valence-electron chi connectivity index (χ4n) is 2.58. The van der Waals surface area contributed by atoms with Gasteiger partial charge in [-0.3, -0.25) is 0 Å². The maximum atomic E-state index is 11.8. The Balaban J connectivity index is 1.78. The van der Waals surface area contributed by atoms with E-state index in [-0.39, 0.29) is 12.1 Å². The van der Waals surface area contributed by atoms with Gasteiger partial charge < -0.3 is 14.8 Å². The van der Waals surface area contributed by atoms with Crippen molar-refractivity contribution in [3.8, 4) is 5.75 Å². The van der Waals surface area contributed by atoms with Crippen LogP contribution in [0.15, 0.2) is 48.1 Å². The van der Waals surface area contributed by atoms with Crippen molar-refractivity contribution in [2.75, 3.05) is 6.61 Å². The Kier molecular flexibility index (Phi) is 6.68. The molecule has 0 aliphatic heterocycles. The third kappa shape index (κ3) is 7.46. The van der Waals surface area contributed by atoms with E-state index >= 15 is 0 Å². The molecular weight excluding hydrogens is 314 g/mol. The van der Waals surface area contributed by atoms with Gasteiger partial charge in [0.2, 0.25) is 0 Å². The van der Waals surface area contributed by atoms with Crippen LogP contribution in [-0.4, -0.2) is 24.3 Å². The number of carbonyl (C=O) groups excluding carboxylic acids is 1. The maximum absolute atomic E-state index is 11.8. The second-order valence-electron chi connectivity index (χ2n) is 7.44. The molecule has 4 heteroatoms. The van der Waals surface area contributed by atoms with Crippen molar-refractivity contribution in [2.45, 2.75) is 58.6 Å². The first-order valence-electron chi connectivity index (χ1n) is 8.89. The molecule has 1 N–H and O–H groups in total. The van der Waals surface area contributed by atoms with E-state index in [0.29, 0.717) is 6.61 Å². The van der Waals surface area contributed by atoms with Crippen molar-refractivity contribution >= 4 is 6.09 Å². The Hall–Kier alpha value is -2.23. The fraction of sp³-hybridized carbons (Fsp3) is 0.476. The molecule has 0 saturated heterocycles. The molecule has 1 unspecified atom stereocenters. The van der Waals surface area contributed by atoms with Crippen molar-refractivity contribution in [1.82, 2.24) is 5.32 Å². The van der Waals surface area contributed by atoms with Gasteiger partial charge in [0.25, 0.3) is 0 Å². The predicted molar refractivity (Wildman–Crippen MR) is 101 cm³/mol. The molecule has 1 aromatic rings. The maximum Gasteiger partial charge on any atom is 0.407 e. The molecule has 0 radical (unpaired) electrons. The largest absolute Gasteiger partial charge is 0.489 e. The fourth-order valence-corrected chi connectivity index (χ4v) is 2.58. The summed E-state index contributed by atoms with van der Waals surface area (Å²) in [6.45, 7) is 8.14. The molecule has 25 heavy (non-hydrogen) atoms. The summed E-state index contributed by atoms with van der Waals surface area (Å²) < 4.78 is 11.1. The third-order valence-corrected chi connectivity index (χ3v) is 3.71. The monoisotopic (exact) mass is 343 g/mol. The van der Waals surface area contributed by atoms with Crippen LogP contribution < -0.4 is 10.1 Å². The van der Waals surface area contributed by atoms with Crippen LogP contribution >= 0.6 is 0 Å². The molecule has 0 spiro atoms. The van der Waals surface area contributed by atoms with Crippen molar-refractivity contribution in [3.05, 3.63) is 53.6 Å². The van der Waals surface area contributed by atoms with E-state index in [1.54, 1.807) is 0 Å². The molecule has 1 aromatic carbocycles. The van der Waals surface area contributed by atoms with Crippen LogP contribution in [0.4, 0.5) is 4.79 Å². The number of allylic oxidation sites excluding steroid dienone is 2. The van der Waals surface area contributed by atoms with Crippen LogP contribution in [0.25, 0.3) is 0 Å². The molecule has 2 rings (SSSR count). The molecule has 136 valence electrons. The normalized spacial score (nSPS) is 15.3. The lowest BCUT2D eigenvalue weighted by atomic mass is 10.1. The number of benzene rings is 1. The van der Waals surface area contributed by atoms with E-state index in [1.165, 1.54) is 5.57 Å². The van der Waals surface area contributed by atoms with E-state index in [1.807, 2.05) is 52.0 Å². The van der Waals surface area contributed by atoms with Gasteiger partial charge in [0.1, 0.15) is 18.0 Å². The second-order valence-corrected chi connectivity index (χ2v) is 7.44. The van der Waals surface area contributed by atoms with Crippen LogP contribution in [0.1, 0.15) is 46.1 Å². The van der Waals surface area contributed by atoms with E-state index in [9.17, 15) is 4.79 Å². The molecular formula is C21H29NO3. The van der Waals surface area contributed by atoms with Crippen LogP contribution in [0, 0.1) is 0 Å². The molecule has 1 aliphatic carbocycles. The highest BCUT2D eigenvalue weighted by Crippen LogP contribution is 2.16. The van der Waals surface area contributed by atoms with Gasteiger partial charge >= 0.3 is 6.09 Å². The zero-order valence-corrected chi connectivity index (χ0v) is 15.7. The smallest absolute Gasteiger partial charge is 0.407 e. The summed E-state index contributed by atoms with van der Waals surface area (Å²) in [6.07, 6.45) is 9.10. The standard InChI is InChI=1S/C21H29NO3/c1-16(22-20(23)25-21(2,3)4)14-17-10-12-19(13-11-17)24-15-18-8-6-5-7-9-18/h6,8-13,16H,5,7,14-15H2,1-4H3,(H,22,23). The zero-order valence-electron chi connectivity index (χ0n) is 15.7. The van der Waals surface area contributed by atoms with Crippen LogP contribution in [0.5, 0.6) is 5.75 Å². The highest BCUT2D eigenvalue weighted by molar-refractivity contribution is 5.68. The van der Waals surface area contributed by atoms with Crippen LogP contribution in [0.3, 0.4) is 0 Å². The molecule has 4 nitrogen and oxygen atoms in total. The van der Waals surface area contributed by atoms with Crippen molar-refractivity contribution < 1.29 is 14.3 Å². The number of ether oxygens (including phenoxy) is 2. The first-order valence-corrected chi connectivity index (χ1v) is 8.89. The van der Waals surface area contributed by atoms with Gasteiger partial charge in [0.05, 0.1) is 0 Å². The Morgan fingerprint density at radius 1 is 1.20 bits per heavy atom. The first-order chi connectivity index (χ1) is 11.8. The lowest BCUT2D eigenvalue weighted by Gasteiger charge is -2.22.